The normalized spacial score (nSPS) is 21.7. The molecule has 0 bridgehead atoms. The van der Waals surface area contributed by atoms with Gasteiger partial charge >= 0.3 is 0 Å². The van der Waals surface area contributed by atoms with Crippen molar-refractivity contribution in [2.45, 2.75) is 51.5 Å². The molecule has 2 aromatic heterocycles. The van der Waals surface area contributed by atoms with E-state index >= 15 is 0 Å². The topological polar surface area (TPSA) is 107 Å². The van der Waals surface area contributed by atoms with Crippen LogP contribution < -0.4 is 5.32 Å². The van der Waals surface area contributed by atoms with Gasteiger partial charge in [-0.1, -0.05) is 25.2 Å². The molecule has 1 N–H and O–H groups in total. The fourth-order valence-electron chi connectivity index (χ4n) is 3.36. The van der Waals surface area contributed by atoms with Crippen molar-refractivity contribution in [3.63, 3.8) is 0 Å². The molecule has 8 nitrogen and oxygen atoms in total. The highest BCUT2D eigenvalue weighted by molar-refractivity contribution is 7.91. The number of carbonyl (C=O) groups is 1. The van der Waals surface area contributed by atoms with Gasteiger partial charge in [0.1, 0.15) is 5.01 Å². The molecule has 0 radical (unpaired) electrons. The van der Waals surface area contributed by atoms with Gasteiger partial charge in [-0.2, -0.15) is 5.10 Å². The summed E-state index contributed by atoms with van der Waals surface area (Å²) in [4.78, 5) is 12.6. The largest absolute Gasteiger partial charge is 0.295 e. The molecule has 3 heterocycles. The van der Waals surface area contributed by atoms with Crippen molar-refractivity contribution < 1.29 is 13.2 Å². The first-order chi connectivity index (χ1) is 12.8. The minimum atomic E-state index is -3.01. The maximum absolute atomic E-state index is 12.6. The molecule has 1 saturated heterocycles. The lowest BCUT2D eigenvalue weighted by atomic mass is 10.1. The van der Waals surface area contributed by atoms with Crippen LogP contribution >= 0.6 is 11.3 Å². The Morgan fingerprint density at radius 1 is 1.33 bits per heavy atom. The second kappa shape index (κ2) is 6.97. The van der Waals surface area contributed by atoms with Crippen LogP contribution in [0.2, 0.25) is 0 Å². The number of sulfone groups is 1. The van der Waals surface area contributed by atoms with Crippen molar-refractivity contribution in [1.82, 2.24) is 20.0 Å². The Labute approximate surface area is 162 Å². The first-order valence-corrected chi connectivity index (χ1v) is 11.9. The van der Waals surface area contributed by atoms with Gasteiger partial charge in [-0.3, -0.25) is 14.8 Å². The third-order valence-electron chi connectivity index (χ3n) is 4.82. The molecule has 10 heteroatoms. The number of rotatable bonds is 6. The third kappa shape index (κ3) is 4.21. The zero-order valence-electron chi connectivity index (χ0n) is 15.4. The molecule has 1 saturated carbocycles. The fraction of sp³-hybridized carbons (Fsp3) is 0.647. The molecule has 1 unspecified atom stereocenters. The zero-order valence-corrected chi connectivity index (χ0v) is 17.0. The average molecular weight is 410 g/mol. The molecule has 2 aliphatic rings. The lowest BCUT2D eigenvalue weighted by molar-refractivity contribution is 0.102. The highest BCUT2D eigenvalue weighted by Crippen LogP contribution is 2.42. The second-order valence-corrected chi connectivity index (χ2v) is 11.1. The standard InChI is InChI=1S/C17H23N5O3S2/c1-10(2)7-15-19-20-17(26-15)18-16(23)13-8-14(11-3-4-11)22(21-13)12-5-6-27(24,25)9-12/h8,10-12H,3-7,9H2,1-2H3,(H,18,20,23). The molecule has 1 amide bonds. The Hall–Kier alpha value is -1.81. The molecule has 1 aliphatic heterocycles. The maximum atomic E-state index is 12.6. The number of nitrogens with zero attached hydrogens (tertiary/aromatic N) is 4. The van der Waals surface area contributed by atoms with Gasteiger partial charge in [0.05, 0.1) is 17.5 Å². The van der Waals surface area contributed by atoms with E-state index in [1.165, 1.54) is 11.3 Å². The highest BCUT2D eigenvalue weighted by atomic mass is 32.2. The molecule has 4 rings (SSSR count). The first kappa shape index (κ1) is 18.5. The summed E-state index contributed by atoms with van der Waals surface area (Å²) < 4.78 is 25.5. The summed E-state index contributed by atoms with van der Waals surface area (Å²) in [6, 6.07) is 1.62. The molecule has 1 atom stereocenters. The summed E-state index contributed by atoms with van der Waals surface area (Å²) in [7, 11) is -3.01. The van der Waals surface area contributed by atoms with Crippen molar-refractivity contribution in [3.05, 3.63) is 22.5 Å². The number of hydrogen-bond donors (Lipinski definition) is 1. The minimum Gasteiger partial charge on any atom is -0.295 e. The van der Waals surface area contributed by atoms with Crippen LogP contribution in [0.15, 0.2) is 6.07 Å². The number of nitrogens with one attached hydrogen (secondary N) is 1. The van der Waals surface area contributed by atoms with Gasteiger partial charge in [-0.25, -0.2) is 8.42 Å². The summed E-state index contributed by atoms with van der Waals surface area (Å²) in [5, 5.41) is 16.7. The SMILES string of the molecule is CC(C)Cc1nnc(NC(=O)c2cc(C3CC3)n(C3CCS(=O)(=O)C3)n2)s1. The van der Waals surface area contributed by atoms with Gasteiger partial charge in [-0.05, 0) is 31.2 Å². The molecule has 146 valence electrons. The van der Waals surface area contributed by atoms with Crippen molar-refractivity contribution >= 4 is 32.2 Å². The summed E-state index contributed by atoms with van der Waals surface area (Å²) in [5.74, 6) is 0.808. The Kier molecular flexibility index (Phi) is 4.79. The highest BCUT2D eigenvalue weighted by Gasteiger charge is 2.36. The van der Waals surface area contributed by atoms with Gasteiger partial charge in [0.25, 0.3) is 5.91 Å². The molecule has 27 heavy (non-hydrogen) atoms. The second-order valence-electron chi connectivity index (χ2n) is 7.78. The summed E-state index contributed by atoms with van der Waals surface area (Å²) in [6.07, 6.45) is 3.49. The minimum absolute atomic E-state index is 0.102. The summed E-state index contributed by atoms with van der Waals surface area (Å²) in [5.41, 5.74) is 1.28. The number of amides is 1. The van der Waals surface area contributed by atoms with Crippen LogP contribution in [-0.2, 0) is 16.3 Å². The van der Waals surface area contributed by atoms with Crippen LogP contribution in [0.4, 0.5) is 5.13 Å². The molecule has 1 aliphatic carbocycles. The molecule has 2 fully saturated rings. The zero-order chi connectivity index (χ0) is 19.2. The molecular formula is C17H23N5O3S2. The number of anilines is 1. The van der Waals surface area contributed by atoms with E-state index in [2.05, 4.69) is 34.5 Å². The van der Waals surface area contributed by atoms with E-state index in [4.69, 9.17) is 0 Å². The Bertz CT molecular complexity index is 959. The lowest BCUT2D eigenvalue weighted by Crippen LogP contribution is -2.17. The summed E-state index contributed by atoms with van der Waals surface area (Å²) >= 11 is 1.37. The quantitative estimate of drug-likeness (QED) is 0.785. The monoisotopic (exact) mass is 409 g/mol. The van der Waals surface area contributed by atoms with Gasteiger partial charge in [0, 0.05) is 18.0 Å². The van der Waals surface area contributed by atoms with E-state index in [1.807, 2.05) is 0 Å². The molecule has 0 aromatic carbocycles. The van der Waals surface area contributed by atoms with Gasteiger partial charge < -0.3 is 0 Å². The summed E-state index contributed by atoms with van der Waals surface area (Å²) in [6.45, 7) is 4.21. The van der Waals surface area contributed by atoms with Crippen LogP contribution in [0.25, 0.3) is 0 Å². The van der Waals surface area contributed by atoms with E-state index in [-0.39, 0.29) is 23.5 Å². The van der Waals surface area contributed by atoms with Crippen molar-refractivity contribution in [2.75, 3.05) is 16.8 Å². The van der Waals surface area contributed by atoms with Crippen molar-refractivity contribution in [2.24, 2.45) is 5.92 Å². The molecular weight excluding hydrogens is 386 g/mol. The molecule has 2 aromatic rings. The van der Waals surface area contributed by atoms with Crippen LogP contribution in [0.3, 0.4) is 0 Å². The average Bonchev–Trinajstić information content (AvgIpc) is 3.00. The van der Waals surface area contributed by atoms with Crippen LogP contribution in [0.5, 0.6) is 0 Å². The van der Waals surface area contributed by atoms with Gasteiger partial charge in [0.2, 0.25) is 5.13 Å². The van der Waals surface area contributed by atoms with E-state index in [1.54, 1.807) is 10.7 Å². The lowest BCUT2D eigenvalue weighted by Gasteiger charge is -2.12. The molecule has 0 spiro atoms. The van der Waals surface area contributed by atoms with Gasteiger partial charge in [0.15, 0.2) is 15.5 Å². The van der Waals surface area contributed by atoms with E-state index in [9.17, 15) is 13.2 Å². The van der Waals surface area contributed by atoms with E-state index in [0.29, 0.717) is 29.1 Å². The van der Waals surface area contributed by atoms with Crippen molar-refractivity contribution in [3.8, 4) is 0 Å². The predicted octanol–water partition coefficient (Wildman–Crippen LogP) is 2.42. The fourth-order valence-corrected chi connectivity index (χ4v) is 6.00. The number of hydrogen-bond acceptors (Lipinski definition) is 7. The number of carbonyl (C=O) groups excluding carboxylic acids is 1. The maximum Gasteiger partial charge on any atom is 0.277 e. The van der Waals surface area contributed by atoms with Crippen molar-refractivity contribution in [1.29, 1.82) is 0 Å². The predicted molar refractivity (Wildman–Crippen MR) is 103 cm³/mol. The smallest absolute Gasteiger partial charge is 0.277 e. The van der Waals surface area contributed by atoms with E-state index in [0.717, 1.165) is 30.0 Å². The van der Waals surface area contributed by atoms with Gasteiger partial charge in [-0.15, -0.1) is 10.2 Å². The van der Waals surface area contributed by atoms with E-state index < -0.39 is 9.84 Å². The number of aromatic nitrogens is 4. The Morgan fingerprint density at radius 3 is 2.74 bits per heavy atom. The van der Waals surface area contributed by atoms with Crippen LogP contribution in [0, 0.1) is 5.92 Å². The van der Waals surface area contributed by atoms with Crippen LogP contribution in [0.1, 0.15) is 66.3 Å². The Morgan fingerprint density at radius 2 is 2.11 bits per heavy atom. The first-order valence-electron chi connectivity index (χ1n) is 9.24. The third-order valence-corrected chi connectivity index (χ3v) is 7.43. The Balaban J connectivity index is 1.52. The van der Waals surface area contributed by atoms with Crippen LogP contribution in [-0.4, -0.2) is 45.8 Å².